The summed E-state index contributed by atoms with van der Waals surface area (Å²) in [6.07, 6.45) is 1.65. The molecule has 1 heterocycles. The quantitative estimate of drug-likeness (QED) is 0.797. The van der Waals surface area contributed by atoms with Crippen LogP contribution in [-0.4, -0.2) is 29.2 Å². The number of carbonyl (C=O) groups is 1. The lowest BCUT2D eigenvalue weighted by Gasteiger charge is -2.14. The van der Waals surface area contributed by atoms with Crippen LogP contribution in [0.5, 0.6) is 5.75 Å². The summed E-state index contributed by atoms with van der Waals surface area (Å²) >= 11 is 0. The second kappa shape index (κ2) is 4.49. The van der Waals surface area contributed by atoms with Crippen LogP contribution >= 0.6 is 0 Å². The fourth-order valence-corrected chi connectivity index (χ4v) is 1.61. The highest BCUT2D eigenvalue weighted by Crippen LogP contribution is 2.21. The van der Waals surface area contributed by atoms with Gasteiger partial charge in [-0.2, -0.15) is 0 Å². The summed E-state index contributed by atoms with van der Waals surface area (Å²) in [6.45, 7) is 2.53. The molecule has 90 valence electrons. The van der Waals surface area contributed by atoms with Crippen LogP contribution in [0.3, 0.4) is 0 Å². The summed E-state index contributed by atoms with van der Waals surface area (Å²) in [5.41, 5.74) is 1.05. The van der Waals surface area contributed by atoms with Crippen molar-refractivity contribution in [2.24, 2.45) is 7.05 Å². The Morgan fingerprint density at radius 2 is 2.18 bits per heavy atom. The van der Waals surface area contributed by atoms with Gasteiger partial charge in [0.1, 0.15) is 5.75 Å². The Balaban J connectivity index is 2.24. The lowest BCUT2D eigenvalue weighted by molar-refractivity contribution is 0.165. The van der Waals surface area contributed by atoms with Gasteiger partial charge in [-0.1, -0.05) is 0 Å². The SMILES string of the molecule is CCN(C)C(=O)Oc1ccc2ccn(C)c2c1. The summed E-state index contributed by atoms with van der Waals surface area (Å²) in [6, 6.07) is 7.66. The predicted octanol–water partition coefficient (Wildman–Crippen LogP) is 2.63. The number of aromatic nitrogens is 1. The molecule has 0 saturated heterocycles. The minimum atomic E-state index is -0.332. The molecule has 1 amide bonds. The highest BCUT2D eigenvalue weighted by molar-refractivity contribution is 5.82. The van der Waals surface area contributed by atoms with Crippen molar-refractivity contribution in [1.82, 2.24) is 9.47 Å². The van der Waals surface area contributed by atoms with Crippen molar-refractivity contribution in [3.63, 3.8) is 0 Å². The first kappa shape index (κ1) is 11.5. The van der Waals surface area contributed by atoms with E-state index in [1.165, 1.54) is 4.90 Å². The molecule has 17 heavy (non-hydrogen) atoms. The highest BCUT2D eigenvalue weighted by Gasteiger charge is 2.09. The zero-order valence-corrected chi connectivity index (χ0v) is 10.3. The number of fused-ring (bicyclic) bond motifs is 1. The number of carbonyl (C=O) groups excluding carboxylic acids is 1. The zero-order valence-electron chi connectivity index (χ0n) is 10.3. The number of amides is 1. The molecule has 0 aliphatic heterocycles. The molecule has 4 nitrogen and oxygen atoms in total. The molecule has 1 aromatic carbocycles. The lowest BCUT2D eigenvalue weighted by Crippen LogP contribution is -2.29. The van der Waals surface area contributed by atoms with Gasteiger partial charge in [0, 0.05) is 32.9 Å². The Hall–Kier alpha value is -1.97. The van der Waals surface area contributed by atoms with Crippen LogP contribution in [0.15, 0.2) is 30.5 Å². The van der Waals surface area contributed by atoms with E-state index in [1.807, 2.05) is 49.0 Å². The van der Waals surface area contributed by atoms with Crippen LogP contribution < -0.4 is 4.74 Å². The van der Waals surface area contributed by atoms with Crippen molar-refractivity contribution < 1.29 is 9.53 Å². The summed E-state index contributed by atoms with van der Waals surface area (Å²) in [7, 11) is 3.68. The van der Waals surface area contributed by atoms with Crippen molar-refractivity contribution in [2.75, 3.05) is 13.6 Å². The van der Waals surface area contributed by atoms with E-state index in [0.717, 1.165) is 10.9 Å². The molecular formula is C13H16N2O2. The van der Waals surface area contributed by atoms with Crippen LogP contribution in [0.2, 0.25) is 0 Å². The summed E-state index contributed by atoms with van der Waals surface area (Å²) in [5, 5.41) is 1.14. The fraction of sp³-hybridized carbons (Fsp3) is 0.308. The molecule has 0 spiro atoms. The van der Waals surface area contributed by atoms with Crippen LogP contribution in [0, 0.1) is 0 Å². The number of nitrogens with zero attached hydrogens (tertiary/aromatic N) is 2. The molecule has 0 atom stereocenters. The Morgan fingerprint density at radius 1 is 1.41 bits per heavy atom. The molecule has 1 aromatic heterocycles. The molecule has 0 unspecified atom stereocenters. The smallest absolute Gasteiger partial charge is 0.410 e. The molecule has 0 aliphatic carbocycles. The van der Waals surface area contributed by atoms with Gasteiger partial charge < -0.3 is 14.2 Å². The first-order chi connectivity index (χ1) is 8.11. The number of ether oxygens (including phenoxy) is 1. The third kappa shape index (κ3) is 2.25. The molecule has 0 aliphatic rings. The van der Waals surface area contributed by atoms with Crippen LogP contribution in [0.25, 0.3) is 10.9 Å². The lowest BCUT2D eigenvalue weighted by atomic mass is 10.2. The average molecular weight is 232 g/mol. The van der Waals surface area contributed by atoms with E-state index in [4.69, 9.17) is 4.74 Å². The van der Waals surface area contributed by atoms with Crippen molar-refractivity contribution in [3.05, 3.63) is 30.5 Å². The molecule has 0 N–H and O–H groups in total. The summed E-state index contributed by atoms with van der Waals surface area (Å²) < 4.78 is 7.27. The Labute approximate surface area is 100 Å². The minimum Gasteiger partial charge on any atom is -0.410 e. The molecule has 0 bridgehead atoms. The maximum atomic E-state index is 11.6. The number of benzene rings is 1. The largest absolute Gasteiger partial charge is 0.414 e. The van der Waals surface area contributed by atoms with Crippen LogP contribution in [-0.2, 0) is 7.05 Å². The fourth-order valence-electron chi connectivity index (χ4n) is 1.61. The number of aryl methyl sites for hydroxylation is 1. The molecule has 0 radical (unpaired) electrons. The van der Waals surface area contributed by atoms with E-state index in [9.17, 15) is 4.79 Å². The Morgan fingerprint density at radius 3 is 2.88 bits per heavy atom. The van der Waals surface area contributed by atoms with Gasteiger partial charge in [-0.15, -0.1) is 0 Å². The maximum Gasteiger partial charge on any atom is 0.414 e. The highest BCUT2D eigenvalue weighted by atomic mass is 16.6. The molecule has 4 heteroatoms. The van der Waals surface area contributed by atoms with Gasteiger partial charge in [0.15, 0.2) is 0 Å². The number of hydrogen-bond donors (Lipinski definition) is 0. The van der Waals surface area contributed by atoms with Gasteiger partial charge in [0.25, 0.3) is 0 Å². The topological polar surface area (TPSA) is 34.5 Å². The molecule has 2 aromatic rings. The predicted molar refractivity (Wildman–Crippen MR) is 67.2 cm³/mol. The Kier molecular flexibility index (Phi) is 3.04. The first-order valence-electron chi connectivity index (χ1n) is 5.60. The van der Waals surface area contributed by atoms with Crippen molar-refractivity contribution in [2.45, 2.75) is 6.92 Å². The van der Waals surface area contributed by atoms with E-state index < -0.39 is 0 Å². The maximum absolute atomic E-state index is 11.6. The van der Waals surface area contributed by atoms with E-state index >= 15 is 0 Å². The zero-order chi connectivity index (χ0) is 12.4. The third-order valence-electron chi connectivity index (χ3n) is 2.85. The standard InChI is InChI=1S/C13H16N2O2/c1-4-14(2)13(16)17-11-6-5-10-7-8-15(3)12(10)9-11/h5-9H,4H2,1-3H3. The van der Waals surface area contributed by atoms with E-state index in [1.54, 1.807) is 7.05 Å². The molecular weight excluding hydrogens is 216 g/mol. The molecule has 2 rings (SSSR count). The minimum absolute atomic E-state index is 0.332. The van der Waals surface area contributed by atoms with E-state index in [2.05, 4.69) is 0 Å². The second-order valence-electron chi connectivity index (χ2n) is 4.03. The van der Waals surface area contributed by atoms with Gasteiger partial charge in [-0.25, -0.2) is 4.79 Å². The second-order valence-corrected chi connectivity index (χ2v) is 4.03. The van der Waals surface area contributed by atoms with Gasteiger partial charge in [0.2, 0.25) is 0 Å². The van der Waals surface area contributed by atoms with Crippen LogP contribution in [0.4, 0.5) is 4.79 Å². The number of rotatable bonds is 2. The molecule has 0 fully saturated rings. The van der Waals surface area contributed by atoms with E-state index in [-0.39, 0.29) is 6.09 Å². The van der Waals surface area contributed by atoms with Gasteiger partial charge in [0.05, 0.1) is 5.52 Å². The molecule has 0 saturated carbocycles. The van der Waals surface area contributed by atoms with Crippen molar-refractivity contribution >= 4 is 17.0 Å². The van der Waals surface area contributed by atoms with Crippen molar-refractivity contribution in [1.29, 1.82) is 0 Å². The summed E-state index contributed by atoms with van der Waals surface area (Å²) in [5.74, 6) is 0.574. The number of hydrogen-bond acceptors (Lipinski definition) is 2. The van der Waals surface area contributed by atoms with Crippen LogP contribution in [0.1, 0.15) is 6.92 Å². The van der Waals surface area contributed by atoms with E-state index in [0.29, 0.717) is 12.3 Å². The average Bonchev–Trinajstić information content (AvgIpc) is 2.70. The van der Waals surface area contributed by atoms with Crippen molar-refractivity contribution in [3.8, 4) is 5.75 Å². The monoisotopic (exact) mass is 232 g/mol. The normalized spacial score (nSPS) is 10.5. The van der Waals surface area contributed by atoms with Gasteiger partial charge in [-0.3, -0.25) is 0 Å². The third-order valence-corrected chi connectivity index (χ3v) is 2.85. The first-order valence-corrected chi connectivity index (χ1v) is 5.60. The summed E-state index contributed by atoms with van der Waals surface area (Å²) in [4.78, 5) is 13.1. The Bertz CT molecular complexity index is 545. The van der Waals surface area contributed by atoms with Gasteiger partial charge >= 0.3 is 6.09 Å². The van der Waals surface area contributed by atoms with Gasteiger partial charge in [-0.05, 0) is 30.5 Å².